The van der Waals surface area contributed by atoms with E-state index in [1.807, 2.05) is 21.4 Å². The predicted molar refractivity (Wildman–Crippen MR) is 192 cm³/mol. The molecule has 52 heavy (non-hydrogen) atoms. The van der Waals surface area contributed by atoms with Gasteiger partial charge in [-0.15, -0.1) is 0 Å². The van der Waals surface area contributed by atoms with E-state index in [1.165, 1.54) is 17.6 Å². The van der Waals surface area contributed by atoms with Gasteiger partial charge in [0.25, 0.3) is 15.9 Å². The van der Waals surface area contributed by atoms with E-state index < -0.39 is 46.1 Å². The number of sulfonamides is 1. The van der Waals surface area contributed by atoms with Crippen molar-refractivity contribution in [2.45, 2.75) is 57.1 Å². The average molecular weight is 753 g/mol. The van der Waals surface area contributed by atoms with Crippen LogP contribution in [-0.2, 0) is 55.2 Å². The molecule has 0 bridgehead atoms. The van der Waals surface area contributed by atoms with E-state index in [1.54, 1.807) is 54.6 Å². The maximum atomic E-state index is 13.3. The fraction of sp³-hybridized carbons (Fsp3) is 0.306. The molecule has 1 heterocycles. The van der Waals surface area contributed by atoms with E-state index in [9.17, 15) is 32.7 Å². The molecule has 6 N–H and O–H groups in total. The van der Waals surface area contributed by atoms with Crippen LogP contribution in [0.4, 0.5) is 0 Å². The van der Waals surface area contributed by atoms with Crippen LogP contribution in [0.25, 0.3) is 11.1 Å². The number of carbonyl (C=O) groups is 4. The molecule has 1 aromatic heterocycles. The third kappa shape index (κ3) is 10.7. The van der Waals surface area contributed by atoms with Crippen LogP contribution in [0.2, 0.25) is 5.15 Å². The van der Waals surface area contributed by atoms with Crippen molar-refractivity contribution >= 4 is 45.3 Å². The highest BCUT2D eigenvalue weighted by molar-refractivity contribution is 7.90. The van der Waals surface area contributed by atoms with Crippen molar-refractivity contribution in [2.75, 3.05) is 13.1 Å². The molecule has 3 aromatic carbocycles. The Morgan fingerprint density at radius 3 is 2.25 bits per heavy atom. The number of rotatable bonds is 18. The van der Waals surface area contributed by atoms with Crippen molar-refractivity contribution in [3.63, 3.8) is 0 Å². The summed E-state index contributed by atoms with van der Waals surface area (Å²) in [6.45, 7) is 1.47. The minimum atomic E-state index is -4.32. The SMILES string of the molecule is CCCCc1nc(Cl)c(CO)n1Cc1ccc(-c2ccccc2S(=O)(=O)NC(=O)CCNC(=O)CNC(=O)C(Cc2ccccc2)C(=O)NO)cc1. The second-order valence-electron chi connectivity index (χ2n) is 11.9. The first-order valence-electron chi connectivity index (χ1n) is 16.6. The minimum Gasteiger partial charge on any atom is -0.390 e. The molecule has 1 atom stereocenters. The third-order valence-corrected chi connectivity index (χ3v) is 9.89. The lowest BCUT2D eigenvalue weighted by atomic mass is 9.98. The molecule has 14 nitrogen and oxygen atoms in total. The Labute approximate surface area is 306 Å². The van der Waals surface area contributed by atoms with Gasteiger partial charge in [-0.2, -0.15) is 0 Å². The molecular weight excluding hydrogens is 712 g/mol. The summed E-state index contributed by atoms with van der Waals surface area (Å²) >= 11 is 6.28. The summed E-state index contributed by atoms with van der Waals surface area (Å²) in [5.41, 5.74) is 4.48. The van der Waals surface area contributed by atoms with Crippen molar-refractivity contribution in [2.24, 2.45) is 5.92 Å². The lowest BCUT2D eigenvalue weighted by Crippen LogP contribution is -2.45. The summed E-state index contributed by atoms with van der Waals surface area (Å²) in [6.07, 6.45) is 2.20. The van der Waals surface area contributed by atoms with Gasteiger partial charge in [0, 0.05) is 31.5 Å². The summed E-state index contributed by atoms with van der Waals surface area (Å²) in [4.78, 5) is 54.0. The molecule has 0 spiro atoms. The van der Waals surface area contributed by atoms with E-state index >= 15 is 0 Å². The molecule has 0 aliphatic rings. The van der Waals surface area contributed by atoms with E-state index in [4.69, 9.17) is 16.8 Å². The molecule has 0 fully saturated rings. The Kier molecular flexibility index (Phi) is 14.5. The van der Waals surface area contributed by atoms with Gasteiger partial charge in [0.2, 0.25) is 17.7 Å². The van der Waals surface area contributed by atoms with Crippen LogP contribution in [0.15, 0.2) is 83.8 Å². The lowest BCUT2D eigenvalue weighted by Gasteiger charge is -2.15. The van der Waals surface area contributed by atoms with Crippen molar-refractivity contribution in [3.05, 3.63) is 107 Å². The standard InChI is InChI=1S/C36H41ClN6O8S/c1-2-3-13-31-40-34(37)29(23-44)43(31)22-25-14-16-26(17-15-25)27-11-7-8-12-30(27)52(50,51)42-32(45)18-19-38-33(46)21-39-35(47)28(36(48)41-49)20-24-9-5-4-6-10-24/h4-12,14-17,28,44,49H,2-3,13,18-23H2,1H3,(H,38,46)(H,39,47)(H,41,48)(H,42,45). The first-order valence-corrected chi connectivity index (χ1v) is 18.4. The molecule has 0 radical (unpaired) electrons. The van der Waals surface area contributed by atoms with E-state index in [2.05, 4.69) is 22.5 Å². The summed E-state index contributed by atoms with van der Waals surface area (Å²) in [5.74, 6) is -3.81. The Hall–Kier alpha value is -5.09. The highest BCUT2D eigenvalue weighted by Crippen LogP contribution is 2.28. The fourth-order valence-corrected chi connectivity index (χ4v) is 6.94. The summed E-state index contributed by atoms with van der Waals surface area (Å²) in [5, 5.41) is 23.9. The van der Waals surface area contributed by atoms with Gasteiger partial charge in [-0.25, -0.2) is 23.6 Å². The number of aryl methyl sites for hydroxylation is 1. The maximum Gasteiger partial charge on any atom is 0.264 e. The van der Waals surface area contributed by atoms with Crippen LogP contribution in [0, 0.1) is 5.92 Å². The molecule has 0 aliphatic heterocycles. The Bertz CT molecular complexity index is 1970. The van der Waals surface area contributed by atoms with Gasteiger partial charge < -0.3 is 20.3 Å². The number of amides is 4. The number of carbonyl (C=O) groups excluding carboxylic acids is 4. The van der Waals surface area contributed by atoms with Crippen LogP contribution in [-0.4, -0.2) is 65.0 Å². The zero-order valence-electron chi connectivity index (χ0n) is 28.5. The number of aliphatic hydroxyl groups is 1. The number of nitrogens with one attached hydrogen (secondary N) is 4. The Morgan fingerprint density at radius 1 is 0.885 bits per heavy atom. The Balaban J connectivity index is 1.32. The second kappa shape index (κ2) is 18.9. The topological polar surface area (TPSA) is 209 Å². The average Bonchev–Trinajstić information content (AvgIpc) is 3.44. The number of nitrogens with zero attached hydrogens (tertiary/aromatic N) is 2. The van der Waals surface area contributed by atoms with Crippen LogP contribution in [0.1, 0.15) is 48.8 Å². The van der Waals surface area contributed by atoms with Crippen molar-refractivity contribution in [1.29, 1.82) is 0 Å². The number of hydroxylamine groups is 1. The van der Waals surface area contributed by atoms with Crippen LogP contribution in [0.3, 0.4) is 0 Å². The van der Waals surface area contributed by atoms with Crippen LogP contribution in [0.5, 0.6) is 0 Å². The molecule has 4 amide bonds. The smallest absolute Gasteiger partial charge is 0.264 e. The zero-order chi connectivity index (χ0) is 37.7. The van der Waals surface area contributed by atoms with E-state index in [0.29, 0.717) is 35.3 Å². The number of hydrogen-bond donors (Lipinski definition) is 6. The summed E-state index contributed by atoms with van der Waals surface area (Å²) in [7, 11) is -4.32. The van der Waals surface area contributed by atoms with Gasteiger partial charge in [0.1, 0.15) is 11.7 Å². The monoisotopic (exact) mass is 752 g/mol. The van der Waals surface area contributed by atoms with Crippen LogP contribution < -0.4 is 20.8 Å². The van der Waals surface area contributed by atoms with Crippen molar-refractivity contribution in [1.82, 2.24) is 30.4 Å². The molecule has 16 heteroatoms. The molecule has 0 aliphatic carbocycles. The number of hydrogen-bond acceptors (Lipinski definition) is 9. The highest BCUT2D eigenvalue weighted by Gasteiger charge is 2.27. The van der Waals surface area contributed by atoms with Gasteiger partial charge in [-0.05, 0) is 35.6 Å². The first kappa shape index (κ1) is 39.7. The third-order valence-electron chi connectivity index (χ3n) is 8.16. The molecule has 276 valence electrons. The molecule has 4 aromatic rings. The second-order valence-corrected chi connectivity index (χ2v) is 13.9. The summed E-state index contributed by atoms with van der Waals surface area (Å²) in [6, 6.07) is 22.1. The van der Waals surface area contributed by atoms with Crippen LogP contribution >= 0.6 is 11.6 Å². The summed E-state index contributed by atoms with van der Waals surface area (Å²) < 4.78 is 30.6. The minimum absolute atomic E-state index is 0.0160. The first-order chi connectivity index (χ1) is 25.0. The molecular formula is C36H41ClN6O8S. The lowest BCUT2D eigenvalue weighted by molar-refractivity contribution is -0.141. The van der Waals surface area contributed by atoms with Crippen molar-refractivity contribution in [3.8, 4) is 11.1 Å². The van der Waals surface area contributed by atoms with Crippen molar-refractivity contribution < 1.29 is 37.9 Å². The van der Waals surface area contributed by atoms with Gasteiger partial charge in [0.05, 0.1) is 23.7 Å². The number of imidazole rings is 1. The van der Waals surface area contributed by atoms with Gasteiger partial charge in [-0.3, -0.25) is 24.4 Å². The molecule has 0 saturated heterocycles. The van der Waals surface area contributed by atoms with Gasteiger partial charge >= 0.3 is 0 Å². The predicted octanol–water partition coefficient (Wildman–Crippen LogP) is 2.88. The number of aromatic nitrogens is 2. The maximum absolute atomic E-state index is 13.3. The highest BCUT2D eigenvalue weighted by atomic mass is 35.5. The van der Waals surface area contributed by atoms with Gasteiger partial charge in [0.15, 0.2) is 5.15 Å². The fourth-order valence-electron chi connectivity index (χ4n) is 5.44. The number of halogens is 1. The number of benzene rings is 3. The van der Waals surface area contributed by atoms with Gasteiger partial charge in [-0.1, -0.05) is 97.7 Å². The molecule has 4 rings (SSSR count). The van der Waals surface area contributed by atoms with E-state index in [-0.39, 0.29) is 36.0 Å². The van der Waals surface area contributed by atoms with E-state index in [0.717, 1.165) is 24.2 Å². The normalized spacial score (nSPS) is 11.8. The molecule has 1 unspecified atom stereocenters. The Morgan fingerprint density at radius 2 is 1.58 bits per heavy atom. The molecule has 0 saturated carbocycles. The number of aliphatic hydroxyl groups excluding tert-OH is 1. The largest absolute Gasteiger partial charge is 0.390 e. The zero-order valence-corrected chi connectivity index (χ0v) is 30.0. The number of unbranched alkanes of at least 4 members (excludes halogenated alkanes) is 1. The quantitative estimate of drug-likeness (QED) is 0.0501.